The Morgan fingerprint density at radius 1 is 1.05 bits per heavy atom. The number of anilines is 1. The van der Waals surface area contributed by atoms with Crippen LogP contribution in [0, 0.1) is 0 Å². The van der Waals surface area contributed by atoms with E-state index in [1.54, 1.807) is 4.90 Å². The number of nitrogens with zero attached hydrogens (tertiary/aromatic N) is 1. The Labute approximate surface area is 115 Å². The molecule has 0 N–H and O–H groups in total. The largest absolute Gasteiger partial charge is 0.416 e. The van der Waals surface area contributed by atoms with Crippen molar-refractivity contribution >= 4 is 21.6 Å². The molecule has 0 atom stereocenters. The summed E-state index contributed by atoms with van der Waals surface area (Å²) in [6.45, 7) is 0.113. The molecular formula is C12H11BrF5N. The van der Waals surface area contributed by atoms with E-state index in [1.807, 2.05) is 0 Å². The number of rotatable bonds is 1. The second-order valence-corrected chi connectivity index (χ2v) is 5.45. The summed E-state index contributed by atoms with van der Waals surface area (Å²) in [5.41, 5.74) is -0.466. The average Bonchev–Trinajstić information content (AvgIpc) is 2.26. The molecule has 0 amide bonds. The van der Waals surface area contributed by atoms with Gasteiger partial charge in [0.15, 0.2) is 0 Å². The van der Waals surface area contributed by atoms with Crippen LogP contribution < -0.4 is 4.90 Å². The predicted molar refractivity (Wildman–Crippen MR) is 65.5 cm³/mol. The van der Waals surface area contributed by atoms with Crippen LogP contribution in [-0.4, -0.2) is 19.0 Å². The number of piperidine rings is 1. The van der Waals surface area contributed by atoms with Gasteiger partial charge in [0.1, 0.15) is 0 Å². The van der Waals surface area contributed by atoms with Gasteiger partial charge in [-0.15, -0.1) is 0 Å². The fraction of sp³-hybridized carbons (Fsp3) is 0.500. The maximum atomic E-state index is 13.0. The molecule has 0 radical (unpaired) electrons. The summed E-state index contributed by atoms with van der Waals surface area (Å²) in [6, 6.07) is 3.48. The number of hydrogen-bond donors (Lipinski definition) is 0. The maximum absolute atomic E-state index is 13.0. The fourth-order valence-corrected chi connectivity index (χ4v) is 2.49. The summed E-state index contributed by atoms with van der Waals surface area (Å²) in [6.07, 6.45) is -5.11. The van der Waals surface area contributed by atoms with Crippen LogP contribution in [0.15, 0.2) is 22.7 Å². The summed E-state index contributed by atoms with van der Waals surface area (Å²) >= 11 is 3.02. The Bertz CT molecular complexity index is 462. The molecule has 1 nitrogen and oxygen atoms in total. The molecule has 7 heteroatoms. The molecule has 1 fully saturated rings. The van der Waals surface area contributed by atoms with Gasteiger partial charge in [0.25, 0.3) is 5.92 Å². The third kappa shape index (κ3) is 3.58. The molecule has 1 saturated heterocycles. The Hall–Kier alpha value is -0.850. The monoisotopic (exact) mass is 343 g/mol. The summed E-state index contributed by atoms with van der Waals surface area (Å²) in [5.74, 6) is -2.71. The van der Waals surface area contributed by atoms with Crippen LogP contribution in [0.25, 0.3) is 0 Å². The van der Waals surface area contributed by atoms with Crippen LogP contribution in [0.1, 0.15) is 18.4 Å². The standard InChI is InChI=1S/C12H11BrF5N/c13-9-5-8(12(16,17)18)6-10(7-9)19-3-1-11(14,15)2-4-19/h5-7H,1-4H2. The molecule has 1 aromatic rings. The highest BCUT2D eigenvalue weighted by molar-refractivity contribution is 9.10. The first-order chi connectivity index (χ1) is 8.67. The van der Waals surface area contributed by atoms with E-state index >= 15 is 0 Å². The van der Waals surface area contributed by atoms with Crippen LogP contribution in [0.3, 0.4) is 0 Å². The van der Waals surface area contributed by atoms with E-state index in [-0.39, 0.29) is 30.4 Å². The van der Waals surface area contributed by atoms with Crippen molar-refractivity contribution in [2.45, 2.75) is 24.9 Å². The van der Waals surface area contributed by atoms with E-state index in [1.165, 1.54) is 6.07 Å². The van der Waals surface area contributed by atoms with Gasteiger partial charge in [-0.25, -0.2) is 8.78 Å². The quantitative estimate of drug-likeness (QED) is 0.668. The Morgan fingerprint density at radius 2 is 1.63 bits per heavy atom. The maximum Gasteiger partial charge on any atom is 0.416 e. The molecule has 1 aromatic carbocycles. The fourth-order valence-electron chi connectivity index (χ4n) is 2.01. The molecule has 0 saturated carbocycles. The first-order valence-corrected chi connectivity index (χ1v) is 6.47. The summed E-state index contributed by atoms with van der Waals surface area (Å²) < 4.78 is 64.4. The van der Waals surface area contributed by atoms with Crippen molar-refractivity contribution in [3.05, 3.63) is 28.2 Å². The first-order valence-electron chi connectivity index (χ1n) is 5.68. The van der Waals surface area contributed by atoms with Gasteiger partial charge in [0.2, 0.25) is 0 Å². The highest BCUT2D eigenvalue weighted by atomic mass is 79.9. The molecular weight excluding hydrogens is 333 g/mol. The predicted octanol–water partition coefficient (Wildman–Crippen LogP) is 4.70. The average molecular weight is 344 g/mol. The highest BCUT2D eigenvalue weighted by Gasteiger charge is 2.35. The smallest absolute Gasteiger partial charge is 0.371 e. The zero-order chi connectivity index (χ0) is 14.3. The zero-order valence-electron chi connectivity index (χ0n) is 9.78. The Morgan fingerprint density at radius 3 is 2.16 bits per heavy atom. The molecule has 0 aliphatic carbocycles. The number of hydrogen-bond acceptors (Lipinski definition) is 1. The van der Waals surface area contributed by atoms with Gasteiger partial charge >= 0.3 is 6.18 Å². The summed E-state index contributed by atoms with van der Waals surface area (Å²) in [7, 11) is 0. The van der Waals surface area contributed by atoms with Crippen LogP contribution in [0.5, 0.6) is 0 Å². The highest BCUT2D eigenvalue weighted by Crippen LogP contribution is 2.36. The van der Waals surface area contributed by atoms with Crippen LogP contribution in [0.2, 0.25) is 0 Å². The first kappa shape index (κ1) is 14.6. The minimum atomic E-state index is -4.45. The van der Waals surface area contributed by atoms with Crippen molar-refractivity contribution in [2.24, 2.45) is 0 Å². The van der Waals surface area contributed by atoms with Gasteiger partial charge in [0, 0.05) is 36.1 Å². The van der Waals surface area contributed by atoms with Gasteiger partial charge in [0.05, 0.1) is 5.56 Å². The second kappa shape index (κ2) is 4.92. The lowest BCUT2D eigenvalue weighted by Gasteiger charge is -2.33. The molecule has 1 aliphatic heterocycles. The van der Waals surface area contributed by atoms with Crippen LogP contribution >= 0.6 is 15.9 Å². The number of benzene rings is 1. The molecule has 0 aromatic heterocycles. The normalized spacial score (nSPS) is 19.6. The zero-order valence-corrected chi connectivity index (χ0v) is 11.4. The van der Waals surface area contributed by atoms with Crippen molar-refractivity contribution in [3.63, 3.8) is 0 Å². The van der Waals surface area contributed by atoms with Gasteiger partial charge in [-0.2, -0.15) is 13.2 Å². The van der Waals surface area contributed by atoms with E-state index in [0.717, 1.165) is 12.1 Å². The Kier molecular flexibility index (Phi) is 3.77. The minimum absolute atomic E-state index is 0.0563. The third-order valence-corrected chi connectivity index (χ3v) is 3.53. The summed E-state index contributed by atoms with van der Waals surface area (Å²) in [5, 5.41) is 0. The number of alkyl halides is 5. The van der Waals surface area contributed by atoms with Gasteiger partial charge in [-0.3, -0.25) is 0 Å². The molecule has 19 heavy (non-hydrogen) atoms. The van der Waals surface area contributed by atoms with Crippen LogP contribution in [0.4, 0.5) is 27.6 Å². The third-order valence-electron chi connectivity index (χ3n) is 3.07. The van der Waals surface area contributed by atoms with Crippen molar-refractivity contribution in [1.82, 2.24) is 0 Å². The topological polar surface area (TPSA) is 3.24 Å². The van der Waals surface area contributed by atoms with E-state index in [4.69, 9.17) is 0 Å². The van der Waals surface area contributed by atoms with Crippen LogP contribution in [-0.2, 0) is 6.18 Å². The lowest BCUT2D eigenvalue weighted by molar-refractivity contribution is -0.137. The molecule has 2 rings (SSSR count). The van der Waals surface area contributed by atoms with Gasteiger partial charge < -0.3 is 4.90 Å². The molecule has 1 aliphatic rings. The lowest BCUT2D eigenvalue weighted by atomic mass is 10.1. The minimum Gasteiger partial charge on any atom is -0.371 e. The van der Waals surface area contributed by atoms with Crippen molar-refractivity contribution in [1.29, 1.82) is 0 Å². The number of halogens is 6. The second-order valence-electron chi connectivity index (χ2n) is 4.54. The van der Waals surface area contributed by atoms with E-state index in [0.29, 0.717) is 5.69 Å². The van der Waals surface area contributed by atoms with Gasteiger partial charge in [-0.1, -0.05) is 15.9 Å². The van der Waals surface area contributed by atoms with E-state index < -0.39 is 17.7 Å². The van der Waals surface area contributed by atoms with Crippen molar-refractivity contribution < 1.29 is 22.0 Å². The van der Waals surface area contributed by atoms with E-state index in [9.17, 15) is 22.0 Å². The molecule has 106 valence electrons. The molecule has 0 bridgehead atoms. The van der Waals surface area contributed by atoms with Gasteiger partial charge in [-0.05, 0) is 18.2 Å². The molecule has 0 unspecified atom stereocenters. The molecule has 0 spiro atoms. The van der Waals surface area contributed by atoms with E-state index in [2.05, 4.69) is 15.9 Å². The molecule has 1 heterocycles. The van der Waals surface area contributed by atoms with Crippen molar-refractivity contribution in [2.75, 3.05) is 18.0 Å². The SMILES string of the molecule is FC1(F)CCN(c2cc(Br)cc(C(F)(F)F)c2)CC1. The lowest BCUT2D eigenvalue weighted by Crippen LogP contribution is -2.39. The van der Waals surface area contributed by atoms with Crippen molar-refractivity contribution in [3.8, 4) is 0 Å². The Balaban J connectivity index is 2.24. The summed E-state index contributed by atoms with van der Waals surface area (Å²) in [4.78, 5) is 1.55.